The molecule has 1 spiro atoms. The summed E-state index contributed by atoms with van der Waals surface area (Å²) in [5, 5.41) is 3.59. The number of halogens is 1. The third-order valence-electron chi connectivity index (χ3n) is 5.74. The van der Waals surface area contributed by atoms with Crippen LogP contribution < -0.4 is 10.1 Å². The Labute approximate surface area is 175 Å². The largest absolute Gasteiger partial charge is 0.496 e. The lowest BCUT2D eigenvalue weighted by Crippen LogP contribution is -2.51. The molecule has 1 aliphatic carbocycles. The zero-order valence-electron chi connectivity index (χ0n) is 16.6. The Morgan fingerprint density at radius 1 is 1.21 bits per heavy atom. The Bertz CT molecular complexity index is 964. The molecule has 1 atom stereocenters. The predicted molar refractivity (Wildman–Crippen MR) is 111 cm³/mol. The summed E-state index contributed by atoms with van der Waals surface area (Å²) in [6.45, 7) is 0.695. The van der Waals surface area contributed by atoms with Gasteiger partial charge in [-0.05, 0) is 49.2 Å². The fourth-order valence-corrected chi connectivity index (χ4v) is 4.48. The molecular weight excluding hydrogens is 390 g/mol. The summed E-state index contributed by atoms with van der Waals surface area (Å²) in [7, 11) is 3.47. The van der Waals surface area contributed by atoms with Gasteiger partial charge in [-0.3, -0.25) is 9.69 Å². The van der Waals surface area contributed by atoms with E-state index in [0.29, 0.717) is 24.4 Å². The van der Waals surface area contributed by atoms with E-state index in [1.807, 2.05) is 42.3 Å². The second-order valence-electron chi connectivity index (χ2n) is 7.80. The van der Waals surface area contributed by atoms with Crippen molar-refractivity contribution in [2.75, 3.05) is 20.8 Å². The average molecular weight is 414 g/mol. The Morgan fingerprint density at radius 2 is 1.97 bits per heavy atom. The van der Waals surface area contributed by atoms with Crippen molar-refractivity contribution in [3.05, 3.63) is 64.2 Å². The van der Waals surface area contributed by atoms with Crippen molar-refractivity contribution >= 4 is 23.5 Å². The minimum absolute atomic E-state index is 0.151. The van der Waals surface area contributed by atoms with Crippen LogP contribution in [0, 0.1) is 0 Å². The Kier molecular flexibility index (Phi) is 5.23. The van der Waals surface area contributed by atoms with Gasteiger partial charge in [0.05, 0.1) is 13.8 Å². The molecule has 4 rings (SSSR count). The first-order valence-corrected chi connectivity index (χ1v) is 10.0. The van der Waals surface area contributed by atoms with Gasteiger partial charge in [-0.25, -0.2) is 9.69 Å². The number of carbonyl (C=O) groups excluding carboxylic acids is 2. The number of benzene rings is 2. The molecule has 1 N–H and O–H groups in total. The van der Waals surface area contributed by atoms with Gasteiger partial charge in [-0.1, -0.05) is 35.9 Å². The minimum atomic E-state index is -0.833. The molecule has 0 radical (unpaired) electrons. The monoisotopic (exact) mass is 413 g/mol. The number of hydrogen-bond acceptors (Lipinski definition) is 4. The first-order chi connectivity index (χ1) is 13.9. The molecule has 1 heterocycles. The number of urea groups is 1. The molecule has 1 saturated heterocycles. The Hall–Kier alpha value is -2.57. The maximum atomic E-state index is 13.2. The van der Waals surface area contributed by atoms with Gasteiger partial charge in [0, 0.05) is 23.6 Å². The van der Waals surface area contributed by atoms with Crippen molar-refractivity contribution in [1.82, 2.24) is 15.1 Å². The number of fused-ring (bicyclic) bond motifs is 1. The highest BCUT2D eigenvalue weighted by Crippen LogP contribution is 2.33. The Balaban J connectivity index is 1.48. The van der Waals surface area contributed by atoms with Gasteiger partial charge in [0.25, 0.3) is 5.91 Å². The molecule has 0 saturated carbocycles. The topological polar surface area (TPSA) is 61.9 Å². The van der Waals surface area contributed by atoms with E-state index < -0.39 is 5.54 Å². The molecule has 0 aromatic heterocycles. The number of aryl methyl sites for hydroxylation is 1. The standard InChI is InChI=1S/C22H24ClN3O3/c1-25(13-17-11-18(23)7-8-19(17)29-2)14-26-20(27)22(24-21(26)28)10-9-15-5-3-4-6-16(15)12-22/h3-8,11H,9-10,12-14H2,1-2H3,(H,24,28). The molecule has 6 nitrogen and oxygen atoms in total. The number of nitrogens with zero attached hydrogens (tertiary/aromatic N) is 2. The summed E-state index contributed by atoms with van der Waals surface area (Å²) in [5.74, 6) is 0.570. The van der Waals surface area contributed by atoms with Crippen LogP contribution in [-0.2, 0) is 24.2 Å². The van der Waals surface area contributed by atoms with Crippen LogP contribution in [0.15, 0.2) is 42.5 Å². The van der Waals surface area contributed by atoms with E-state index in [2.05, 4.69) is 11.4 Å². The van der Waals surface area contributed by atoms with E-state index in [1.54, 1.807) is 13.2 Å². The maximum absolute atomic E-state index is 13.2. The molecule has 152 valence electrons. The van der Waals surface area contributed by atoms with Crippen molar-refractivity contribution in [3.8, 4) is 5.75 Å². The van der Waals surface area contributed by atoms with E-state index in [-0.39, 0.29) is 18.6 Å². The summed E-state index contributed by atoms with van der Waals surface area (Å²) in [5.41, 5.74) is 2.45. The number of amides is 3. The number of nitrogens with one attached hydrogen (secondary N) is 1. The second-order valence-corrected chi connectivity index (χ2v) is 8.24. The SMILES string of the molecule is COc1ccc(Cl)cc1CN(C)CN1C(=O)NC2(CCc3ccccc3C2)C1=O. The van der Waals surface area contributed by atoms with Crippen molar-refractivity contribution in [2.24, 2.45) is 0 Å². The molecule has 1 unspecified atom stereocenters. The molecule has 7 heteroatoms. The van der Waals surface area contributed by atoms with E-state index >= 15 is 0 Å². The third-order valence-corrected chi connectivity index (χ3v) is 5.98. The minimum Gasteiger partial charge on any atom is -0.496 e. The molecule has 29 heavy (non-hydrogen) atoms. The van der Waals surface area contributed by atoms with Gasteiger partial charge >= 0.3 is 6.03 Å². The highest BCUT2D eigenvalue weighted by atomic mass is 35.5. The van der Waals surface area contributed by atoms with Crippen LogP contribution in [0.25, 0.3) is 0 Å². The van der Waals surface area contributed by atoms with Crippen LogP contribution in [0.4, 0.5) is 4.79 Å². The molecule has 2 aliphatic rings. The first kappa shape index (κ1) is 19.7. The fraction of sp³-hybridized carbons (Fsp3) is 0.364. The lowest BCUT2D eigenvalue weighted by molar-refractivity contribution is -0.133. The van der Waals surface area contributed by atoms with E-state index in [0.717, 1.165) is 23.3 Å². The van der Waals surface area contributed by atoms with Crippen molar-refractivity contribution in [2.45, 2.75) is 31.3 Å². The highest BCUT2D eigenvalue weighted by molar-refractivity contribution is 6.30. The van der Waals surface area contributed by atoms with Crippen molar-refractivity contribution in [1.29, 1.82) is 0 Å². The third kappa shape index (κ3) is 3.70. The number of rotatable bonds is 5. The molecule has 1 aliphatic heterocycles. The van der Waals surface area contributed by atoms with Gasteiger partial charge in [0.1, 0.15) is 11.3 Å². The normalized spacial score (nSPS) is 20.9. The van der Waals surface area contributed by atoms with Gasteiger partial charge in [-0.15, -0.1) is 0 Å². The predicted octanol–water partition coefficient (Wildman–Crippen LogP) is 3.22. The highest BCUT2D eigenvalue weighted by Gasteiger charge is 2.52. The molecule has 2 aromatic carbocycles. The number of hydrogen-bond donors (Lipinski definition) is 1. The molecule has 2 aromatic rings. The number of imide groups is 1. The molecule has 1 fully saturated rings. The van der Waals surface area contributed by atoms with Crippen LogP contribution in [0.1, 0.15) is 23.1 Å². The summed E-state index contributed by atoms with van der Waals surface area (Å²) in [6, 6.07) is 13.2. The van der Waals surface area contributed by atoms with Crippen LogP contribution in [-0.4, -0.2) is 48.1 Å². The van der Waals surface area contributed by atoms with Crippen molar-refractivity contribution in [3.63, 3.8) is 0 Å². The van der Waals surface area contributed by atoms with E-state index in [9.17, 15) is 9.59 Å². The molecular formula is C22H24ClN3O3. The molecule has 3 amide bonds. The van der Waals surface area contributed by atoms with Gasteiger partial charge in [0.2, 0.25) is 0 Å². The van der Waals surface area contributed by atoms with Crippen LogP contribution in [0.5, 0.6) is 5.75 Å². The zero-order chi connectivity index (χ0) is 20.6. The van der Waals surface area contributed by atoms with E-state index in [1.165, 1.54) is 10.5 Å². The van der Waals surface area contributed by atoms with Gasteiger partial charge in [0.15, 0.2) is 0 Å². The van der Waals surface area contributed by atoms with Crippen LogP contribution in [0.3, 0.4) is 0 Å². The van der Waals surface area contributed by atoms with Crippen LogP contribution in [0.2, 0.25) is 5.02 Å². The van der Waals surface area contributed by atoms with Crippen molar-refractivity contribution < 1.29 is 14.3 Å². The van der Waals surface area contributed by atoms with Gasteiger partial charge in [-0.2, -0.15) is 0 Å². The molecule has 0 bridgehead atoms. The number of ether oxygens (including phenoxy) is 1. The van der Waals surface area contributed by atoms with E-state index in [4.69, 9.17) is 16.3 Å². The van der Waals surface area contributed by atoms with Crippen LogP contribution >= 0.6 is 11.6 Å². The summed E-state index contributed by atoms with van der Waals surface area (Å²) in [6.07, 6.45) is 1.94. The number of carbonyl (C=O) groups is 2. The summed E-state index contributed by atoms with van der Waals surface area (Å²) < 4.78 is 5.39. The zero-order valence-corrected chi connectivity index (χ0v) is 17.3. The number of methoxy groups -OCH3 is 1. The Morgan fingerprint density at radius 3 is 2.72 bits per heavy atom. The average Bonchev–Trinajstić information content (AvgIpc) is 2.92. The summed E-state index contributed by atoms with van der Waals surface area (Å²) >= 11 is 6.11. The summed E-state index contributed by atoms with van der Waals surface area (Å²) in [4.78, 5) is 29.1. The first-order valence-electron chi connectivity index (χ1n) is 9.64. The lowest BCUT2D eigenvalue weighted by atomic mass is 9.78. The van der Waals surface area contributed by atoms with Gasteiger partial charge < -0.3 is 10.1 Å². The fourth-order valence-electron chi connectivity index (χ4n) is 4.28. The quantitative estimate of drug-likeness (QED) is 0.764. The maximum Gasteiger partial charge on any atom is 0.326 e. The second kappa shape index (κ2) is 7.69. The lowest BCUT2D eigenvalue weighted by Gasteiger charge is -2.32. The smallest absolute Gasteiger partial charge is 0.326 e.